The van der Waals surface area contributed by atoms with Crippen molar-refractivity contribution < 1.29 is 26.7 Å². The Morgan fingerprint density at radius 3 is 2.46 bits per heavy atom. The minimum absolute atomic E-state index is 0.217. The summed E-state index contributed by atoms with van der Waals surface area (Å²) in [5, 5.41) is 11.7. The Hall–Kier alpha value is -2.45. The van der Waals surface area contributed by atoms with Gasteiger partial charge in [0.1, 0.15) is 4.21 Å². The molecule has 4 rings (SSSR count). The maximum atomic E-state index is 13.3. The largest absolute Gasteiger partial charge is 0.421 e. The standard InChI is InChI=1S/C24H30F3N5O3S2/c1-23(33,24(25,26)27)18-6-8-20(9-7-18)32-11-10-31(37(34,35)22-5-4-12-36-22)16-21(32)15-29(2)13-19-14-30(3)17-28-19/h4-9,12,14,17,21,33H,10-11,13,15-16H2,1-3H3/t21-,23-/m0/s1. The topological polar surface area (TPSA) is 81.9 Å². The smallest absolute Gasteiger partial charge is 0.376 e. The van der Waals surface area contributed by atoms with Gasteiger partial charge in [-0.15, -0.1) is 11.3 Å². The van der Waals surface area contributed by atoms with E-state index in [2.05, 4.69) is 4.98 Å². The molecule has 3 heterocycles. The third-order valence-electron chi connectivity index (χ3n) is 6.56. The van der Waals surface area contributed by atoms with E-state index in [1.54, 1.807) is 36.0 Å². The average Bonchev–Trinajstić information content (AvgIpc) is 3.51. The van der Waals surface area contributed by atoms with Gasteiger partial charge in [0.05, 0.1) is 18.1 Å². The Balaban J connectivity index is 1.58. The summed E-state index contributed by atoms with van der Waals surface area (Å²) in [5.74, 6) is 0. The van der Waals surface area contributed by atoms with E-state index < -0.39 is 21.8 Å². The molecule has 1 aromatic carbocycles. The number of imidazole rings is 1. The molecule has 1 aliphatic heterocycles. The van der Waals surface area contributed by atoms with E-state index in [-0.39, 0.29) is 28.9 Å². The van der Waals surface area contributed by atoms with Gasteiger partial charge >= 0.3 is 6.18 Å². The summed E-state index contributed by atoms with van der Waals surface area (Å²) >= 11 is 1.17. The molecule has 2 atom stereocenters. The molecule has 0 saturated carbocycles. The van der Waals surface area contributed by atoms with Gasteiger partial charge in [0.15, 0.2) is 5.60 Å². The number of likely N-dealkylation sites (N-methyl/N-ethyl adjacent to an activating group) is 1. The van der Waals surface area contributed by atoms with Crippen molar-refractivity contribution in [2.75, 3.05) is 38.1 Å². The van der Waals surface area contributed by atoms with Crippen LogP contribution in [0.1, 0.15) is 18.2 Å². The average molecular weight is 558 g/mol. The van der Waals surface area contributed by atoms with Gasteiger partial charge < -0.3 is 14.6 Å². The van der Waals surface area contributed by atoms with Crippen molar-refractivity contribution in [1.82, 2.24) is 18.8 Å². The van der Waals surface area contributed by atoms with E-state index in [1.165, 1.54) is 27.8 Å². The van der Waals surface area contributed by atoms with Gasteiger partial charge in [0.2, 0.25) is 0 Å². The van der Waals surface area contributed by atoms with E-state index in [0.717, 1.165) is 12.6 Å². The SMILES string of the molecule is CN(Cc1cn(C)cn1)C[C@H]1CN(S(=O)(=O)c2cccs2)CCN1c1ccc([C@](C)(O)C(F)(F)F)cc1. The molecule has 13 heteroatoms. The lowest BCUT2D eigenvalue weighted by Crippen LogP contribution is -2.58. The van der Waals surface area contributed by atoms with Crippen LogP contribution in [-0.4, -0.2) is 77.7 Å². The van der Waals surface area contributed by atoms with Crippen LogP contribution in [0, 0.1) is 0 Å². The molecular weight excluding hydrogens is 527 g/mol. The molecule has 0 aliphatic carbocycles. The van der Waals surface area contributed by atoms with Crippen molar-refractivity contribution in [2.24, 2.45) is 7.05 Å². The van der Waals surface area contributed by atoms with Gasteiger partial charge in [-0.2, -0.15) is 17.5 Å². The fourth-order valence-electron chi connectivity index (χ4n) is 4.47. The number of aromatic nitrogens is 2. The van der Waals surface area contributed by atoms with E-state index >= 15 is 0 Å². The molecule has 0 amide bonds. The number of rotatable bonds is 8. The number of hydrogen-bond donors (Lipinski definition) is 1. The zero-order valence-corrected chi connectivity index (χ0v) is 22.4. The third kappa shape index (κ3) is 5.85. The summed E-state index contributed by atoms with van der Waals surface area (Å²) in [4.78, 5) is 8.41. The fourth-order valence-corrected chi connectivity index (χ4v) is 7.08. The van der Waals surface area contributed by atoms with Gasteiger partial charge in [0, 0.05) is 51.7 Å². The van der Waals surface area contributed by atoms with Crippen LogP contribution in [0.2, 0.25) is 0 Å². The van der Waals surface area contributed by atoms with Crippen molar-refractivity contribution in [3.8, 4) is 0 Å². The molecule has 3 aromatic rings. The summed E-state index contributed by atoms with van der Waals surface area (Å²) in [6, 6.07) is 8.64. The summed E-state index contributed by atoms with van der Waals surface area (Å²) in [7, 11) is 0.143. The Morgan fingerprint density at radius 2 is 1.89 bits per heavy atom. The highest BCUT2D eigenvalue weighted by atomic mass is 32.2. The van der Waals surface area contributed by atoms with E-state index in [4.69, 9.17) is 0 Å². The molecule has 0 bridgehead atoms. The third-order valence-corrected chi connectivity index (χ3v) is 9.80. The van der Waals surface area contributed by atoms with Crippen LogP contribution in [0.15, 0.2) is 58.5 Å². The van der Waals surface area contributed by atoms with Crippen molar-refractivity contribution in [3.05, 3.63) is 65.6 Å². The predicted molar refractivity (Wildman–Crippen MR) is 136 cm³/mol. The number of halogens is 3. The first-order valence-electron chi connectivity index (χ1n) is 11.6. The molecule has 1 saturated heterocycles. The number of alkyl halides is 3. The van der Waals surface area contributed by atoms with Crippen LogP contribution in [0.25, 0.3) is 0 Å². The first-order chi connectivity index (χ1) is 17.3. The maximum Gasteiger partial charge on any atom is 0.421 e. The number of benzene rings is 1. The minimum atomic E-state index is -4.81. The number of thiophene rings is 1. The number of hydrogen-bond acceptors (Lipinski definition) is 7. The van der Waals surface area contributed by atoms with Crippen LogP contribution in [0.3, 0.4) is 0 Å². The summed E-state index contributed by atoms with van der Waals surface area (Å²) in [5.41, 5.74) is -1.70. The molecule has 8 nitrogen and oxygen atoms in total. The number of nitrogens with zero attached hydrogens (tertiary/aromatic N) is 5. The van der Waals surface area contributed by atoms with Crippen molar-refractivity contribution >= 4 is 27.0 Å². The molecule has 1 fully saturated rings. The van der Waals surface area contributed by atoms with E-state index in [1.807, 2.05) is 34.7 Å². The lowest BCUT2D eigenvalue weighted by Gasteiger charge is -2.43. The molecule has 2 aromatic heterocycles. The van der Waals surface area contributed by atoms with Crippen LogP contribution < -0.4 is 4.90 Å². The number of anilines is 1. The first kappa shape index (κ1) is 27.6. The summed E-state index contributed by atoms with van der Waals surface area (Å²) in [6.45, 7) is 2.59. The highest BCUT2D eigenvalue weighted by Gasteiger charge is 2.51. The number of aliphatic hydroxyl groups is 1. The van der Waals surface area contributed by atoms with Gasteiger partial charge in [0.25, 0.3) is 10.0 Å². The Bertz CT molecular complexity index is 1290. The number of sulfonamides is 1. The number of aryl methyl sites for hydroxylation is 1. The molecule has 0 radical (unpaired) electrons. The lowest BCUT2D eigenvalue weighted by atomic mass is 9.95. The summed E-state index contributed by atoms with van der Waals surface area (Å²) in [6.07, 6.45) is -1.19. The molecule has 1 aliphatic rings. The van der Waals surface area contributed by atoms with E-state index in [9.17, 15) is 26.7 Å². The highest BCUT2D eigenvalue weighted by Crippen LogP contribution is 2.39. The molecular formula is C24H30F3N5O3S2. The number of piperazine rings is 1. The maximum absolute atomic E-state index is 13.3. The molecule has 202 valence electrons. The van der Waals surface area contributed by atoms with Crippen LogP contribution >= 0.6 is 11.3 Å². The molecule has 0 spiro atoms. The molecule has 0 unspecified atom stereocenters. The van der Waals surface area contributed by atoms with Gasteiger partial charge in [-0.05, 0) is 43.1 Å². The molecule has 37 heavy (non-hydrogen) atoms. The second kappa shape index (κ2) is 10.4. The second-order valence-corrected chi connectivity index (χ2v) is 12.6. The van der Waals surface area contributed by atoms with Crippen LogP contribution in [-0.2, 0) is 29.2 Å². The second-order valence-electron chi connectivity index (χ2n) is 9.49. The quantitative estimate of drug-likeness (QED) is 0.458. The zero-order chi connectivity index (χ0) is 27.0. The normalized spacial score (nSPS) is 19.4. The summed E-state index contributed by atoms with van der Waals surface area (Å²) < 4.78 is 69.9. The Kier molecular flexibility index (Phi) is 7.73. The van der Waals surface area contributed by atoms with Crippen LogP contribution in [0.5, 0.6) is 0 Å². The van der Waals surface area contributed by atoms with Gasteiger partial charge in [-0.25, -0.2) is 13.4 Å². The van der Waals surface area contributed by atoms with Crippen molar-refractivity contribution in [2.45, 2.75) is 35.5 Å². The van der Waals surface area contributed by atoms with Crippen molar-refractivity contribution in [3.63, 3.8) is 0 Å². The van der Waals surface area contributed by atoms with Crippen LogP contribution in [0.4, 0.5) is 18.9 Å². The van der Waals surface area contributed by atoms with Crippen molar-refractivity contribution in [1.29, 1.82) is 0 Å². The minimum Gasteiger partial charge on any atom is -0.376 e. The van der Waals surface area contributed by atoms with E-state index in [0.29, 0.717) is 25.3 Å². The highest BCUT2D eigenvalue weighted by molar-refractivity contribution is 7.91. The first-order valence-corrected chi connectivity index (χ1v) is 14.0. The predicted octanol–water partition coefficient (Wildman–Crippen LogP) is 3.26. The molecule has 1 N–H and O–H groups in total. The zero-order valence-electron chi connectivity index (χ0n) is 20.8. The van der Waals surface area contributed by atoms with Gasteiger partial charge in [-0.3, -0.25) is 4.90 Å². The Morgan fingerprint density at radius 1 is 1.19 bits per heavy atom. The monoisotopic (exact) mass is 557 g/mol. The Labute approximate surface area is 218 Å². The lowest BCUT2D eigenvalue weighted by molar-refractivity contribution is -0.258. The van der Waals surface area contributed by atoms with Gasteiger partial charge in [-0.1, -0.05) is 18.2 Å². The fraction of sp³-hybridized carbons (Fsp3) is 0.458.